The van der Waals surface area contributed by atoms with Gasteiger partial charge in [-0.2, -0.15) is 5.10 Å². The SMILES string of the molecule is CCc1cc(COc2coc(CO)cc2=O)n(C)n1. The molecule has 0 saturated carbocycles. The van der Waals surface area contributed by atoms with Crippen LogP contribution in [0.2, 0.25) is 0 Å². The third-order valence-electron chi connectivity index (χ3n) is 2.77. The van der Waals surface area contributed by atoms with Crippen LogP contribution < -0.4 is 10.2 Å². The Morgan fingerprint density at radius 1 is 1.47 bits per heavy atom. The smallest absolute Gasteiger partial charge is 0.227 e. The van der Waals surface area contributed by atoms with Crippen molar-refractivity contribution in [3.63, 3.8) is 0 Å². The molecule has 0 aliphatic heterocycles. The molecule has 19 heavy (non-hydrogen) atoms. The Morgan fingerprint density at radius 3 is 2.84 bits per heavy atom. The highest BCUT2D eigenvalue weighted by Crippen LogP contribution is 2.10. The molecule has 1 N–H and O–H groups in total. The number of nitrogens with zero attached hydrogens (tertiary/aromatic N) is 2. The van der Waals surface area contributed by atoms with Crippen molar-refractivity contribution in [2.45, 2.75) is 26.6 Å². The maximum atomic E-state index is 11.6. The number of ether oxygens (including phenoxy) is 1. The lowest BCUT2D eigenvalue weighted by molar-refractivity contribution is 0.235. The van der Waals surface area contributed by atoms with Gasteiger partial charge in [-0.1, -0.05) is 6.92 Å². The van der Waals surface area contributed by atoms with Crippen LogP contribution >= 0.6 is 0 Å². The van der Waals surface area contributed by atoms with Crippen LogP contribution in [-0.4, -0.2) is 14.9 Å². The van der Waals surface area contributed by atoms with Crippen LogP contribution in [0, 0.1) is 0 Å². The molecule has 0 saturated heterocycles. The van der Waals surface area contributed by atoms with Crippen molar-refractivity contribution in [2.75, 3.05) is 0 Å². The first kappa shape index (κ1) is 13.4. The minimum absolute atomic E-state index is 0.122. The summed E-state index contributed by atoms with van der Waals surface area (Å²) < 4.78 is 12.2. The first-order valence-electron chi connectivity index (χ1n) is 6.01. The average Bonchev–Trinajstić information content (AvgIpc) is 2.78. The third-order valence-corrected chi connectivity index (χ3v) is 2.77. The van der Waals surface area contributed by atoms with Crippen LogP contribution in [0.5, 0.6) is 5.75 Å². The molecular weight excluding hydrogens is 248 g/mol. The highest BCUT2D eigenvalue weighted by atomic mass is 16.5. The molecular formula is C13H16N2O4. The van der Waals surface area contributed by atoms with Gasteiger partial charge in [-0.15, -0.1) is 0 Å². The molecule has 0 atom stereocenters. The van der Waals surface area contributed by atoms with Crippen LogP contribution in [-0.2, 0) is 26.7 Å². The molecule has 0 aromatic carbocycles. The van der Waals surface area contributed by atoms with Crippen molar-refractivity contribution in [2.24, 2.45) is 7.05 Å². The largest absolute Gasteiger partial charge is 0.480 e. The van der Waals surface area contributed by atoms with E-state index in [1.54, 1.807) is 4.68 Å². The van der Waals surface area contributed by atoms with E-state index >= 15 is 0 Å². The van der Waals surface area contributed by atoms with Gasteiger partial charge in [0.25, 0.3) is 0 Å². The molecule has 0 radical (unpaired) electrons. The highest BCUT2D eigenvalue weighted by Gasteiger charge is 2.08. The second-order valence-electron chi connectivity index (χ2n) is 4.13. The lowest BCUT2D eigenvalue weighted by Crippen LogP contribution is -2.10. The fraction of sp³-hybridized carbons (Fsp3) is 0.385. The van der Waals surface area contributed by atoms with Crippen LogP contribution in [0.25, 0.3) is 0 Å². The Hall–Kier alpha value is -2.08. The summed E-state index contributed by atoms with van der Waals surface area (Å²) >= 11 is 0. The topological polar surface area (TPSA) is 77.5 Å². The van der Waals surface area contributed by atoms with Gasteiger partial charge in [0.05, 0.1) is 11.4 Å². The molecule has 0 fully saturated rings. The summed E-state index contributed by atoms with van der Waals surface area (Å²) in [7, 11) is 1.83. The summed E-state index contributed by atoms with van der Waals surface area (Å²) in [6.45, 7) is 1.96. The van der Waals surface area contributed by atoms with Crippen molar-refractivity contribution in [1.29, 1.82) is 0 Å². The van der Waals surface area contributed by atoms with Crippen molar-refractivity contribution < 1.29 is 14.3 Å². The first-order valence-corrected chi connectivity index (χ1v) is 6.01. The van der Waals surface area contributed by atoms with E-state index in [-0.39, 0.29) is 30.2 Å². The molecule has 2 aromatic rings. The van der Waals surface area contributed by atoms with Crippen molar-refractivity contribution >= 4 is 0 Å². The summed E-state index contributed by atoms with van der Waals surface area (Å²) in [5.74, 6) is 0.336. The second-order valence-corrected chi connectivity index (χ2v) is 4.13. The van der Waals surface area contributed by atoms with E-state index in [0.717, 1.165) is 17.8 Å². The van der Waals surface area contributed by atoms with Gasteiger partial charge >= 0.3 is 0 Å². The number of aryl methyl sites for hydroxylation is 2. The van der Waals surface area contributed by atoms with Crippen LogP contribution in [0.3, 0.4) is 0 Å². The van der Waals surface area contributed by atoms with Gasteiger partial charge in [0.1, 0.15) is 25.2 Å². The van der Waals surface area contributed by atoms with E-state index in [9.17, 15) is 4.79 Å². The number of aromatic nitrogens is 2. The van der Waals surface area contributed by atoms with Crippen molar-refractivity contribution in [3.8, 4) is 5.75 Å². The van der Waals surface area contributed by atoms with Gasteiger partial charge in [-0.3, -0.25) is 9.48 Å². The molecule has 0 unspecified atom stereocenters. The Kier molecular flexibility index (Phi) is 4.01. The minimum Gasteiger partial charge on any atom is -0.480 e. The third kappa shape index (κ3) is 3.03. The van der Waals surface area contributed by atoms with Gasteiger partial charge in [0, 0.05) is 13.1 Å². The minimum atomic E-state index is -0.312. The fourth-order valence-electron chi connectivity index (χ4n) is 1.66. The molecule has 0 amide bonds. The summed E-state index contributed by atoms with van der Waals surface area (Å²) in [5.41, 5.74) is 1.54. The molecule has 2 rings (SSSR count). The Labute approximate surface area is 110 Å². The maximum absolute atomic E-state index is 11.6. The Morgan fingerprint density at radius 2 is 2.26 bits per heavy atom. The van der Waals surface area contributed by atoms with Crippen LogP contribution in [0.1, 0.15) is 24.1 Å². The van der Waals surface area contributed by atoms with Gasteiger partial charge in [-0.25, -0.2) is 0 Å². The maximum Gasteiger partial charge on any atom is 0.227 e. The van der Waals surface area contributed by atoms with Gasteiger partial charge < -0.3 is 14.3 Å². The molecule has 102 valence electrons. The van der Waals surface area contributed by atoms with E-state index in [0.29, 0.717) is 0 Å². The van der Waals surface area contributed by atoms with E-state index < -0.39 is 0 Å². The number of aliphatic hydroxyl groups excluding tert-OH is 1. The normalized spacial score (nSPS) is 10.7. The van der Waals surface area contributed by atoms with Crippen molar-refractivity contribution in [3.05, 3.63) is 45.8 Å². The van der Waals surface area contributed by atoms with Crippen molar-refractivity contribution in [1.82, 2.24) is 9.78 Å². The predicted molar refractivity (Wildman–Crippen MR) is 67.8 cm³/mol. The molecule has 6 nitrogen and oxygen atoms in total. The number of aliphatic hydroxyl groups is 1. The number of hydrogen-bond acceptors (Lipinski definition) is 5. The molecule has 0 aliphatic carbocycles. The van der Waals surface area contributed by atoms with Gasteiger partial charge in [0.2, 0.25) is 11.2 Å². The quantitative estimate of drug-likeness (QED) is 0.872. The molecule has 0 bridgehead atoms. The number of hydrogen-bond donors (Lipinski definition) is 1. The summed E-state index contributed by atoms with van der Waals surface area (Å²) in [5, 5.41) is 13.1. The number of rotatable bonds is 5. The molecule has 0 spiro atoms. The predicted octanol–water partition coefficient (Wildman–Crippen LogP) is 1.01. The zero-order valence-corrected chi connectivity index (χ0v) is 10.9. The van der Waals surface area contributed by atoms with Gasteiger partial charge in [-0.05, 0) is 12.5 Å². The first-order chi connectivity index (χ1) is 9.13. The lowest BCUT2D eigenvalue weighted by Gasteiger charge is -2.05. The Bertz CT molecular complexity index is 615. The summed E-state index contributed by atoms with van der Waals surface area (Å²) in [6.07, 6.45) is 2.06. The van der Waals surface area contributed by atoms with Crippen LogP contribution in [0.4, 0.5) is 0 Å². The summed E-state index contributed by atoms with van der Waals surface area (Å²) in [6, 6.07) is 3.15. The Balaban J connectivity index is 2.10. The molecule has 2 heterocycles. The fourth-order valence-corrected chi connectivity index (χ4v) is 1.66. The van der Waals surface area contributed by atoms with E-state index in [4.69, 9.17) is 14.3 Å². The second kappa shape index (κ2) is 5.71. The monoisotopic (exact) mass is 264 g/mol. The standard InChI is InChI=1S/C13H16N2O4/c1-3-9-4-10(15(2)14-9)7-19-13-8-18-11(6-16)5-12(13)17/h4-5,8,16H,3,6-7H2,1-2H3. The molecule has 0 aliphatic rings. The van der Waals surface area contributed by atoms with Gasteiger partial charge in [0.15, 0.2) is 0 Å². The highest BCUT2D eigenvalue weighted by molar-refractivity contribution is 5.18. The zero-order chi connectivity index (χ0) is 13.8. The molecule has 6 heteroatoms. The van der Waals surface area contributed by atoms with E-state index in [1.165, 1.54) is 12.3 Å². The van der Waals surface area contributed by atoms with E-state index in [2.05, 4.69) is 5.10 Å². The summed E-state index contributed by atoms with van der Waals surface area (Å²) in [4.78, 5) is 11.6. The average molecular weight is 264 g/mol. The lowest BCUT2D eigenvalue weighted by atomic mass is 10.3. The zero-order valence-electron chi connectivity index (χ0n) is 10.9. The molecule has 2 aromatic heterocycles. The van der Waals surface area contributed by atoms with E-state index in [1.807, 2.05) is 20.0 Å². The van der Waals surface area contributed by atoms with Crippen LogP contribution in [0.15, 0.2) is 27.6 Å².